The summed E-state index contributed by atoms with van der Waals surface area (Å²) in [4.78, 5) is 15.0. The second-order valence-corrected chi connectivity index (χ2v) is 10.0. The SMILES string of the molecule is C[C@H]1CCc2sc(-c3nnc(S[C@@H](C)C(=O)Nc4ccc5c(c4)OCO5)o3)cc2C1. The van der Waals surface area contributed by atoms with Crippen LogP contribution in [0.5, 0.6) is 11.5 Å². The normalized spacial score (nSPS) is 18.1. The largest absolute Gasteiger partial charge is 0.454 e. The zero-order valence-corrected chi connectivity index (χ0v) is 18.3. The number of carbonyl (C=O) groups is 1. The lowest BCUT2D eigenvalue weighted by atomic mass is 9.90. The molecule has 2 aliphatic rings. The smallest absolute Gasteiger partial charge is 0.277 e. The van der Waals surface area contributed by atoms with Crippen LogP contribution in [0, 0.1) is 5.92 Å². The first kappa shape index (κ1) is 19.4. The number of nitrogens with zero attached hydrogens (tertiary/aromatic N) is 2. The molecule has 0 saturated carbocycles. The van der Waals surface area contributed by atoms with Gasteiger partial charge in [-0.05, 0) is 55.9 Å². The molecule has 2 aromatic heterocycles. The zero-order valence-electron chi connectivity index (χ0n) is 16.6. The van der Waals surface area contributed by atoms with Gasteiger partial charge in [-0.3, -0.25) is 4.79 Å². The molecule has 3 aromatic rings. The van der Waals surface area contributed by atoms with Crippen LogP contribution in [-0.4, -0.2) is 28.1 Å². The Labute approximate surface area is 182 Å². The van der Waals surface area contributed by atoms with Crippen LogP contribution in [0.3, 0.4) is 0 Å². The lowest BCUT2D eigenvalue weighted by Crippen LogP contribution is -2.22. The van der Waals surface area contributed by atoms with Crippen molar-refractivity contribution in [1.82, 2.24) is 10.2 Å². The van der Waals surface area contributed by atoms with Crippen molar-refractivity contribution < 1.29 is 18.7 Å². The maximum absolute atomic E-state index is 12.6. The van der Waals surface area contributed by atoms with E-state index < -0.39 is 5.25 Å². The summed E-state index contributed by atoms with van der Waals surface area (Å²) in [6.45, 7) is 4.30. The lowest BCUT2D eigenvalue weighted by Gasteiger charge is -2.16. The van der Waals surface area contributed by atoms with E-state index in [9.17, 15) is 4.79 Å². The summed E-state index contributed by atoms with van der Waals surface area (Å²) in [5.41, 5.74) is 2.05. The topological polar surface area (TPSA) is 86.5 Å². The zero-order chi connectivity index (χ0) is 20.7. The molecule has 5 rings (SSSR count). The second kappa shape index (κ2) is 7.96. The number of fused-ring (bicyclic) bond motifs is 2. The number of thiophene rings is 1. The van der Waals surface area contributed by atoms with Crippen molar-refractivity contribution >= 4 is 34.7 Å². The summed E-state index contributed by atoms with van der Waals surface area (Å²) in [7, 11) is 0. The first-order chi connectivity index (χ1) is 14.5. The third-order valence-corrected chi connectivity index (χ3v) is 7.39. The minimum atomic E-state index is -0.402. The average molecular weight is 444 g/mol. The van der Waals surface area contributed by atoms with Crippen molar-refractivity contribution in [3.05, 3.63) is 34.7 Å². The van der Waals surface area contributed by atoms with E-state index in [-0.39, 0.29) is 12.7 Å². The Morgan fingerprint density at radius 3 is 3.03 bits per heavy atom. The Morgan fingerprint density at radius 2 is 2.13 bits per heavy atom. The molecular weight excluding hydrogens is 422 g/mol. The molecule has 2 atom stereocenters. The van der Waals surface area contributed by atoms with Gasteiger partial charge < -0.3 is 19.2 Å². The van der Waals surface area contributed by atoms with Gasteiger partial charge in [0, 0.05) is 16.6 Å². The van der Waals surface area contributed by atoms with Crippen LogP contribution in [0.2, 0.25) is 0 Å². The Balaban J connectivity index is 1.23. The molecule has 3 heterocycles. The Kier molecular flexibility index (Phi) is 5.16. The van der Waals surface area contributed by atoms with Gasteiger partial charge in [0.25, 0.3) is 11.1 Å². The van der Waals surface area contributed by atoms with Crippen molar-refractivity contribution in [1.29, 1.82) is 0 Å². The molecule has 30 heavy (non-hydrogen) atoms. The molecule has 1 N–H and O–H groups in total. The number of aryl methyl sites for hydroxylation is 1. The number of nitrogens with one attached hydrogen (secondary N) is 1. The average Bonchev–Trinajstić information content (AvgIpc) is 3.46. The number of benzene rings is 1. The summed E-state index contributed by atoms with van der Waals surface area (Å²) in [5, 5.41) is 11.2. The van der Waals surface area contributed by atoms with Gasteiger partial charge in [-0.1, -0.05) is 18.7 Å². The van der Waals surface area contributed by atoms with Crippen molar-refractivity contribution in [2.24, 2.45) is 5.92 Å². The molecule has 7 nitrogen and oxygen atoms in total. The highest BCUT2D eigenvalue weighted by Crippen LogP contribution is 2.38. The molecule has 0 saturated heterocycles. The Morgan fingerprint density at radius 1 is 1.27 bits per heavy atom. The van der Waals surface area contributed by atoms with E-state index in [1.807, 2.05) is 6.92 Å². The summed E-state index contributed by atoms with van der Waals surface area (Å²) in [5.74, 6) is 2.39. The third kappa shape index (κ3) is 3.91. The van der Waals surface area contributed by atoms with Gasteiger partial charge in [-0.25, -0.2) is 0 Å². The van der Waals surface area contributed by atoms with E-state index in [0.29, 0.717) is 28.3 Å². The van der Waals surface area contributed by atoms with Gasteiger partial charge in [-0.15, -0.1) is 21.5 Å². The molecule has 1 aliphatic carbocycles. The first-order valence-corrected chi connectivity index (χ1v) is 11.6. The third-order valence-electron chi connectivity index (χ3n) is 5.23. The number of anilines is 1. The van der Waals surface area contributed by atoms with Gasteiger partial charge in [0.15, 0.2) is 11.5 Å². The molecular formula is C21H21N3O4S2. The number of ether oxygens (including phenoxy) is 2. The summed E-state index contributed by atoms with van der Waals surface area (Å²) >= 11 is 2.98. The quantitative estimate of drug-likeness (QED) is 0.568. The first-order valence-electron chi connectivity index (χ1n) is 9.88. The van der Waals surface area contributed by atoms with E-state index in [1.165, 1.54) is 28.6 Å². The second-order valence-electron chi connectivity index (χ2n) is 7.60. The van der Waals surface area contributed by atoms with Crippen LogP contribution in [0.25, 0.3) is 10.8 Å². The number of rotatable bonds is 5. The van der Waals surface area contributed by atoms with Crippen LogP contribution in [0.15, 0.2) is 33.9 Å². The maximum Gasteiger partial charge on any atom is 0.277 e. The Bertz CT molecular complexity index is 1090. The monoisotopic (exact) mass is 443 g/mol. The predicted octanol–water partition coefficient (Wildman–Crippen LogP) is 4.77. The van der Waals surface area contributed by atoms with E-state index in [0.717, 1.165) is 23.6 Å². The minimum absolute atomic E-state index is 0.154. The predicted molar refractivity (Wildman–Crippen MR) is 115 cm³/mol. The highest BCUT2D eigenvalue weighted by atomic mass is 32.2. The van der Waals surface area contributed by atoms with Gasteiger partial charge in [0.1, 0.15) is 0 Å². The number of hydrogen-bond donors (Lipinski definition) is 1. The molecule has 0 bridgehead atoms. The minimum Gasteiger partial charge on any atom is -0.454 e. The number of amides is 1. The summed E-state index contributed by atoms with van der Waals surface area (Å²) in [6.07, 6.45) is 3.46. The van der Waals surface area contributed by atoms with Crippen LogP contribution in [0.1, 0.15) is 30.7 Å². The molecule has 1 aromatic carbocycles. The van der Waals surface area contributed by atoms with Crippen LogP contribution >= 0.6 is 23.1 Å². The van der Waals surface area contributed by atoms with E-state index in [1.54, 1.807) is 29.5 Å². The molecule has 1 aliphatic heterocycles. The van der Waals surface area contributed by atoms with Crippen molar-refractivity contribution in [3.63, 3.8) is 0 Å². The lowest BCUT2D eigenvalue weighted by molar-refractivity contribution is -0.115. The molecule has 9 heteroatoms. The standard InChI is InChI=1S/C21H21N3O4S2/c1-11-3-6-17-13(7-11)8-18(30-17)20-23-24-21(28-20)29-12(2)19(25)22-14-4-5-15-16(9-14)27-10-26-15/h4-5,8-9,11-12H,3,6-7,10H2,1-2H3,(H,22,25)/t11-,12-/m0/s1. The molecule has 156 valence electrons. The van der Waals surface area contributed by atoms with E-state index in [2.05, 4.69) is 28.5 Å². The fourth-order valence-electron chi connectivity index (χ4n) is 3.59. The van der Waals surface area contributed by atoms with Crippen molar-refractivity contribution in [2.75, 3.05) is 12.1 Å². The molecule has 0 spiro atoms. The molecule has 0 radical (unpaired) electrons. The molecule has 1 amide bonds. The van der Waals surface area contributed by atoms with Gasteiger partial charge >= 0.3 is 0 Å². The summed E-state index contributed by atoms with van der Waals surface area (Å²) < 4.78 is 16.5. The maximum atomic E-state index is 12.6. The fraction of sp³-hybridized carbons (Fsp3) is 0.381. The van der Waals surface area contributed by atoms with Crippen LogP contribution in [0.4, 0.5) is 5.69 Å². The van der Waals surface area contributed by atoms with Crippen molar-refractivity contribution in [3.8, 4) is 22.3 Å². The van der Waals surface area contributed by atoms with Gasteiger partial charge in [0.2, 0.25) is 12.7 Å². The highest BCUT2D eigenvalue weighted by Gasteiger charge is 2.23. The fourth-order valence-corrected chi connectivity index (χ4v) is 5.40. The summed E-state index contributed by atoms with van der Waals surface area (Å²) in [6, 6.07) is 7.49. The number of carbonyl (C=O) groups excluding carboxylic acids is 1. The number of aromatic nitrogens is 2. The van der Waals surface area contributed by atoms with Gasteiger partial charge in [0.05, 0.1) is 10.1 Å². The number of hydrogen-bond acceptors (Lipinski definition) is 8. The van der Waals surface area contributed by atoms with E-state index in [4.69, 9.17) is 13.9 Å². The Hall–Kier alpha value is -2.52. The molecule has 0 unspecified atom stereocenters. The highest BCUT2D eigenvalue weighted by molar-refractivity contribution is 8.00. The molecule has 0 fully saturated rings. The van der Waals surface area contributed by atoms with Crippen LogP contribution < -0.4 is 14.8 Å². The van der Waals surface area contributed by atoms with Crippen LogP contribution in [-0.2, 0) is 17.6 Å². The van der Waals surface area contributed by atoms with E-state index >= 15 is 0 Å². The van der Waals surface area contributed by atoms with Gasteiger partial charge in [-0.2, -0.15) is 0 Å². The number of thioether (sulfide) groups is 1. The van der Waals surface area contributed by atoms with Crippen molar-refractivity contribution in [2.45, 2.75) is 43.6 Å².